The summed E-state index contributed by atoms with van der Waals surface area (Å²) in [6, 6.07) is 5.71. The lowest BCUT2D eigenvalue weighted by atomic mass is 10.3. The highest BCUT2D eigenvalue weighted by molar-refractivity contribution is 7.71. The predicted molar refractivity (Wildman–Crippen MR) is 74.8 cm³/mol. The smallest absolute Gasteiger partial charge is 0.178 e. The van der Waals surface area contributed by atoms with E-state index >= 15 is 0 Å². The zero-order chi connectivity index (χ0) is 13.0. The molecule has 1 aromatic heterocycles. The maximum absolute atomic E-state index is 6.19. The third kappa shape index (κ3) is 2.92. The first-order valence-corrected chi connectivity index (χ1v) is 6.46. The van der Waals surface area contributed by atoms with Crippen LogP contribution in [-0.4, -0.2) is 36.5 Å². The number of imidazole rings is 1. The Hall–Kier alpha value is -0.880. The molecule has 0 saturated heterocycles. The number of H-pyrrole nitrogens is 1. The van der Waals surface area contributed by atoms with Gasteiger partial charge < -0.3 is 19.0 Å². The molecule has 0 atom stereocenters. The average Bonchev–Trinajstić information content (AvgIpc) is 2.67. The van der Waals surface area contributed by atoms with E-state index in [0.29, 0.717) is 36.2 Å². The number of aromatic nitrogens is 2. The quantitative estimate of drug-likeness (QED) is 0.655. The molecule has 4 nitrogen and oxygen atoms in total. The molecule has 0 aliphatic heterocycles. The Morgan fingerprint density at radius 1 is 1.33 bits per heavy atom. The van der Waals surface area contributed by atoms with Gasteiger partial charge in [-0.2, -0.15) is 0 Å². The van der Waals surface area contributed by atoms with Crippen LogP contribution in [0, 0.1) is 4.77 Å². The van der Waals surface area contributed by atoms with Crippen molar-refractivity contribution >= 4 is 34.9 Å². The zero-order valence-corrected chi connectivity index (χ0v) is 11.7. The van der Waals surface area contributed by atoms with Crippen molar-refractivity contribution in [2.24, 2.45) is 0 Å². The van der Waals surface area contributed by atoms with Crippen molar-refractivity contribution < 1.29 is 9.47 Å². The Kier molecular flexibility index (Phi) is 4.77. The highest BCUT2D eigenvalue weighted by Crippen LogP contribution is 2.23. The second kappa shape index (κ2) is 6.33. The molecule has 6 heteroatoms. The minimum Gasteiger partial charge on any atom is -0.382 e. The van der Waals surface area contributed by atoms with Crippen LogP contribution >= 0.6 is 23.8 Å². The molecule has 2 aromatic rings. The largest absolute Gasteiger partial charge is 0.382 e. The molecule has 0 saturated carbocycles. The molecule has 0 fully saturated rings. The fourth-order valence-electron chi connectivity index (χ4n) is 1.79. The number of nitrogens with zero attached hydrogens (tertiary/aromatic N) is 1. The van der Waals surface area contributed by atoms with Crippen molar-refractivity contribution in [3.05, 3.63) is 28.0 Å². The van der Waals surface area contributed by atoms with Gasteiger partial charge in [-0.3, -0.25) is 0 Å². The van der Waals surface area contributed by atoms with Crippen LogP contribution < -0.4 is 0 Å². The van der Waals surface area contributed by atoms with E-state index in [9.17, 15) is 0 Å². The Balaban J connectivity index is 2.12. The number of nitrogens with one attached hydrogen (secondary N) is 1. The van der Waals surface area contributed by atoms with Crippen LogP contribution in [-0.2, 0) is 16.0 Å². The van der Waals surface area contributed by atoms with Gasteiger partial charge in [0, 0.05) is 13.7 Å². The summed E-state index contributed by atoms with van der Waals surface area (Å²) in [5, 5.41) is 0.691. The van der Waals surface area contributed by atoms with Gasteiger partial charge in [0.1, 0.15) is 0 Å². The minimum atomic E-state index is 0.579. The van der Waals surface area contributed by atoms with E-state index in [-0.39, 0.29) is 0 Å². The summed E-state index contributed by atoms with van der Waals surface area (Å²) < 4.78 is 13.0. The second-order valence-corrected chi connectivity index (χ2v) is 4.62. The monoisotopic (exact) mass is 286 g/mol. The van der Waals surface area contributed by atoms with Gasteiger partial charge in [-0.25, -0.2) is 0 Å². The topological polar surface area (TPSA) is 39.2 Å². The van der Waals surface area contributed by atoms with E-state index in [1.807, 2.05) is 22.8 Å². The van der Waals surface area contributed by atoms with E-state index in [4.69, 9.17) is 33.3 Å². The first kappa shape index (κ1) is 13.5. The molecular formula is C12H15ClN2O2S. The van der Waals surface area contributed by atoms with Crippen LogP contribution in [0.1, 0.15) is 0 Å². The standard InChI is InChI=1S/C12H15ClN2O2S/c1-16-7-8-17-6-5-15-11-9(13)3-2-4-10(11)14-12(15)18/h2-4H,5-8H2,1H3,(H,14,18). The van der Waals surface area contributed by atoms with Gasteiger partial charge in [0.05, 0.1) is 35.9 Å². The van der Waals surface area contributed by atoms with E-state index in [0.717, 1.165) is 11.0 Å². The Morgan fingerprint density at radius 2 is 2.17 bits per heavy atom. The zero-order valence-electron chi connectivity index (χ0n) is 10.1. The Bertz CT molecular complexity index is 579. The number of fused-ring (bicyclic) bond motifs is 1. The lowest BCUT2D eigenvalue weighted by molar-refractivity contribution is 0.0668. The maximum atomic E-state index is 6.19. The summed E-state index contributed by atoms with van der Waals surface area (Å²) in [5.74, 6) is 0. The van der Waals surface area contributed by atoms with Crippen LogP contribution in [0.4, 0.5) is 0 Å². The lowest BCUT2D eigenvalue weighted by Crippen LogP contribution is -2.09. The van der Waals surface area contributed by atoms with Crippen molar-refractivity contribution in [1.82, 2.24) is 9.55 Å². The van der Waals surface area contributed by atoms with Gasteiger partial charge >= 0.3 is 0 Å². The van der Waals surface area contributed by atoms with Crippen LogP contribution in [0.3, 0.4) is 0 Å². The van der Waals surface area contributed by atoms with Gasteiger partial charge in [-0.1, -0.05) is 17.7 Å². The molecule has 1 heterocycles. The van der Waals surface area contributed by atoms with Crippen LogP contribution in [0.2, 0.25) is 5.02 Å². The molecule has 0 aliphatic carbocycles. The summed E-state index contributed by atoms with van der Waals surface area (Å²) in [6.45, 7) is 2.43. The molecule has 0 amide bonds. The number of aromatic amines is 1. The van der Waals surface area contributed by atoms with Gasteiger partial charge in [-0.15, -0.1) is 0 Å². The van der Waals surface area contributed by atoms with Crippen LogP contribution in [0.15, 0.2) is 18.2 Å². The number of para-hydroxylation sites is 1. The second-order valence-electron chi connectivity index (χ2n) is 3.82. The summed E-state index contributed by atoms with van der Waals surface area (Å²) in [6.07, 6.45) is 0. The summed E-state index contributed by atoms with van der Waals surface area (Å²) in [7, 11) is 1.65. The summed E-state index contributed by atoms with van der Waals surface area (Å²) in [5.41, 5.74) is 1.88. The van der Waals surface area contributed by atoms with Crippen LogP contribution in [0.5, 0.6) is 0 Å². The van der Waals surface area contributed by atoms with Crippen molar-refractivity contribution in [3.8, 4) is 0 Å². The van der Waals surface area contributed by atoms with Gasteiger partial charge in [0.15, 0.2) is 4.77 Å². The molecule has 0 bridgehead atoms. The Labute approximate surface area is 115 Å². The number of ether oxygens (including phenoxy) is 2. The van der Waals surface area contributed by atoms with E-state index in [1.54, 1.807) is 7.11 Å². The number of hydrogen-bond acceptors (Lipinski definition) is 3. The molecule has 0 unspecified atom stereocenters. The van der Waals surface area contributed by atoms with E-state index < -0.39 is 0 Å². The SMILES string of the molecule is COCCOCCn1c(=S)[nH]c2cccc(Cl)c21. The molecule has 0 aliphatic rings. The van der Waals surface area contributed by atoms with Gasteiger partial charge in [-0.05, 0) is 24.4 Å². The molecule has 0 spiro atoms. The third-order valence-corrected chi connectivity index (χ3v) is 3.26. The van der Waals surface area contributed by atoms with Gasteiger partial charge in [0.2, 0.25) is 0 Å². The number of benzene rings is 1. The molecule has 2 rings (SSSR count). The number of rotatable bonds is 6. The first-order chi connectivity index (χ1) is 8.74. The highest BCUT2D eigenvalue weighted by Gasteiger charge is 2.07. The lowest BCUT2D eigenvalue weighted by Gasteiger charge is -2.06. The molecule has 18 heavy (non-hydrogen) atoms. The average molecular weight is 287 g/mol. The van der Waals surface area contributed by atoms with Crippen molar-refractivity contribution in [3.63, 3.8) is 0 Å². The maximum Gasteiger partial charge on any atom is 0.178 e. The number of methoxy groups -OCH3 is 1. The summed E-state index contributed by atoms with van der Waals surface area (Å²) in [4.78, 5) is 3.13. The Morgan fingerprint density at radius 3 is 2.94 bits per heavy atom. The van der Waals surface area contributed by atoms with Crippen molar-refractivity contribution in [2.45, 2.75) is 6.54 Å². The number of hydrogen-bond donors (Lipinski definition) is 1. The van der Waals surface area contributed by atoms with Crippen molar-refractivity contribution in [2.75, 3.05) is 26.9 Å². The fraction of sp³-hybridized carbons (Fsp3) is 0.417. The molecule has 0 radical (unpaired) electrons. The third-order valence-electron chi connectivity index (χ3n) is 2.63. The van der Waals surface area contributed by atoms with E-state index in [1.165, 1.54) is 0 Å². The molecular weight excluding hydrogens is 272 g/mol. The molecule has 1 aromatic carbocycles. The van der Waals surface area contributed by atoms with Crippen LogP contribution in [0.25, 0.3) is 11.0 Å². The first-order valence-electron chi connectivity index (χ1n) is 5.67. The van der Waals surface area contributed by atoms with Crippen molar-refractivity contribution in [1.29, 1.82) is 0 Å². The summed E-state index contributed by atoms with van der Waals surface area (Å²) >= 11 is 11.5. The normalized spacial score (nSPS) is 11.2. The predicted octanol–water partition coefficient (Wildman–Crippen LogP) is 3.02. The minimum absolute atomic E-state index is 0.579. The van der Waals surface area contributed by atoms with Gasteiger partial charge in [0.25, 0.3) is 0 Å². The molecule has 1 N–H and O–H groups in total. The molecule has 98 valence electrons. The number of halogens is 1. The van der Waals surface area contributed by atoms with E-state index in [2.05, 4.69) is 4.98 Å². The fourth-order valence-corrected chi connectivity index (χ4v) is 2.36. The highest BCUT2D eigenvalue weighted by atomic mass is 35.5.